The van der Waals surface area contributed by atoms with Gasteiger partial charge in [-0.05, 0) is 37.3 Å². The summed E-state index contributed by atoms with van der Waals surface area (Å²) >= 11 is 6.67. The van der Waals surface area contributed by atoms with Crippen LogP contribution >= 0.6 is 24.0 Å². The van der Waals surface area contributed by atoms with E-state index in [4.69, 9.17) is 26.5 Å². The van der Waals surface area contributed by atoms with Crippen LogP contribution in [-0.2, 0) is 4.79 Å². The number of thioether (sulfide) groups is 1. The van der Waals surface area contributed by atoms with Gasteiger partial charge in [-0.2, -0.15) is 5.10 Å². The Balaban J connectivity index is 1.67. The fourth-order valence-corrected chi connectivity index (χ4v) is 5.00. The van der Waals surface area contributed by atoms with Crippen LogP contribution in [0.15, 0.2) is 70.1 Å². The summed E-state index contributed by atoms with van der Waals surface area (Å²) in [6.07, 6.45) is 3.73. The smallest absolute Gasteiger partial charge is 0.266 e. The lowest BCUT2D eigenvalue weighted by Gasteiger charge is -2.09. The zero-order valence-electron chi connectivity index (χ0n) is 17.4. The summed E-state index contributed by atoms with van der Waals surface area (Å²) in [7, 11) is 1.61. The molecule has 3 heterocycles. The molecule has 2 aromatic heterocycles. The Kier molecular flexibility index (Phi) is 5.32. The van der Waals surface area contributed by atoms with Crippen LogP contribution in [0.25, 0.3) is 34.2 Å². The first kappa shape index (κ1) is 20.5. The second-order valence-corrected chi connectivity index (χ2v) is 8.80. The Bertz CT molecular complexity index is 1370. The van der Waals surface area contributed by atoms with Crippen LogP contribution in [0.4, 0.5) is 0 Å². The minimum atomic E-state index is -0.0906. The molecular weight excluding hydrogens is 442 g/mol. The number of carbonyl (C=O) groups excluding carboxylic acids is 1. The predicted octanol–water partition coefficient (Wildman–Crippen LogP) is 5.52. The summed E-state index contributed by atoms with van der Waals surface area (Å²) in [4.78, 5) is 14.9. The molecule has 0 N–H and O–H groups in total. The Morgan fingerprint density at radius 2 is 2.00 bits per heavy atom. The van der Waals surface area contributed by atoms with E-state index < -0.39 is 0 Å². The van der Waals surface area contributed by atoms with E-state index in [2.05, 4.69) is 0 Å². The molecule has 0 unspecified atom stereocenters. The second kappa shape index (κ2) is 8.29. The molecule has 1 saturated heterocycles. The van der Waals surface area contributed by atoms with Crippen molar-refractivity contribution in [3.05, 3.63) is 71.3 Å². The number of aromatic nitrogens is 2. The van der Waals surface area contributed by atoms with Gasteiger partial charge in [0.2, 0.25) is 0 Å². The zero-order chi connectivity index (χ0) is 22.2. The molecule has 2 aromatic carbocycles. The van der Waals surface area contributed by atoms with Crippen molar-refractivity contribution in [1.82, 2.24) is 14.7 Å². The van der Waals surface area contributed by atoms with E-state index in [1.807, 2.05) is 73.8 Å². The Morgan fingerprint density at radius 1 is 1.19 bits per heavy atom. The highest BCUT2D eigenvalue weighted by atomic mass is 32.2. The molecule has 6 nitrogen and oxygen atoms in total. The Hall–Kier alpha value is -3.36. The summed E-state index contributed by atoms with van der Waals surface area (Å²) in [5.74, 6) is 1.16. The van der Waals surface area contributed by atoms with Gasteiger partial charge < -0.3 is 9.15 Å². The largest absolute Gasteiger partial charge is 0.493 e. The maximum atomic E-state index is 12.8. The molecule has 4 aromatic rings. The van der Waals surface area contributed by atoms with Crippen molar-refractivity contribution < 1.29 is 13.9 Å². The monoisotopic (exact) mass is 461 g/mol. The number of ether oxygens (including phenoxy) is 1. The van der Waals surface area contributed by atoms with Gasteiger partial charge in [-0.15, -0.1) is 0 Å². The third-order valence-electron chi connectivity index (χ3n) is 5.20. The number of carbonyl (C=O) groups is 1. The number of furan rings is 1. The number of methoxy groups -OCH3 is 1. The van der Waals surface area contributed by atoms with Crippen LogP contribution in [0.5, 0.6) is 5.75 Å². The average molecular weight is 462 g/mol. The molecule has 1 amide bonds. The lowest BCUT2D eigenvalue weighted by molar-refractivity contribution is -0.121. The van der Waals surface area contributed by atoms with E-state index >= 15 is 0 Å². The molecule has 0 spiro atoms. The van der Waals surface area contributed by atoms with E-state index in [1.54, 1.807) is 16.7 Å². The van der Waals surface area contributed by atoms with Gasteiger partial charge in [-0.3, -0.25) is 9.69 Å². The van der Waals surface area contributed by atoms with E-state index in [0.717, 1.165) is 16.6 Å². The second-order valence-electron chi connectivity index (χ2n) is 7.13. The zero-order valence-corrected chi connectivity index (χ0v) is 19.1. The first-order valence-electron chi connectivity index (χ1n) is 10.1. The van der Waals surface area contributed by atoms with Gasteiger partial charge in [0.25, 0.3) is 5.91 Å². The average Bonchev–Trinajstić information content (AvgIpc) is 3.50. The van der Waals surface area contributed by atoms with E-state index in [1.165, 1.54) is 11.8 Å². The van der Waals surface area contributed by atoms with Gasteiger partial charge in [-0.1, -0.05) is 54.3 Å². The highest BCUT2D eigenvalue weighted by Crippen LogP contribution is 2.37. The number of fused-ring (bicyclic) bond motifs is 1. The lowest BCUT2D eigenvalue weighted by atomic mass is 10.1. The molecule has 160 valence electrons. The number of para-hydroxylation sites is 2. The van der Waals surface area contributed by atoms with E-state index in [-0.39, 0.29) is 5.91 Å². The fraction of sp³-hybridized carbons (Fsp3) is 0.125. The minimum Gasteiger partial charge on any atom is -0.493 e. The van der Waals surface area contributed by atoms with Gasteiger partial charge in [-0.25, -0.2) is 4.68 Å². The van der Waals surface area contributed by atoms with Crippen molar-refractivity contribution in [2.24, 2.45) is 0 Å². The molecule has 0 bridgehead atoms. The van der Waals surface area contributed by atoms with Crippen LogP contribution in [0, 0.1) is 0 Å². The third-order valence-corrected chi connectivity index (χ3v) is 6.58. The van der Waals surface area contributed by atoms with Crippen molar-refractivity contribution in [2.45, 2.75) is 6.92 Å². The van der Waals surface area contributed by atoms with E-state index in [0.29, 0.717) is 38.6 Å². The van der Waals surface area contributed by atoms with Crippen molar-refractivity contribution >= 4 is 51.3 Å². The number of rotatable bonds is 5. The summed E-state index contributed by atoms with van der Waals surface area (Å²) in [5, 5.41) is 5.71. The molecule has 0 radical (unpaired) electrons. The van der Waals surface area contributed by atoms with Crippen LogP contribution < -0.4 is 4.74 Å². The van der Waals surface area contributed by atoms with Crippen molar-refractivity contribution in [3.63, 3.8) is 0 Å². The molecule has 5 rings (SSSR count). The molecule has 8 heteroatoms. The number of thiocarbonyl (C=S) groups is 1. The standard InChI is InChI=1S/C24H19N3O3S2/c1-3-26-23(28)20(32-24(26)31)13-16-14-27(17-9-5-4-6-10-17)25-21(16)19-12-15-8-7-11-18(29-2)22(15)30-19/h4-14H,3H2,1-2H3/b20-13-. The summed E-state index contributed by atoms with van der Waals surface area (Å²) in [6.45, 7) is 2.45. The maximum Gasteiger partial charge on any atom is 0.266 e. The number of hydrogen-bond acceptors (Lipinski definition) is 6. The van der Waals surface area contributed by atoms with Crippen molar-refractivity contribution in [2.75, 3.05) is 13.7 Å². The topological polar surface area (TPSA) is 60.5 Å². The van der Waals surface area contributed by atoms with Gasteiger partial charge in [0.1, 0.15) is 10.0 Å². The first-order chi connectivity index (χ1) is 15.6. The molecule has 32 heavy (non-hydrogen) atoms. The van der Waals surface area contributed by atoms with Crippen molar-refractivity contribution in [3.8, 4) is 22.9 Å². The summed E-state index contributed by atoms with van der Waals surface area (Å²) < 4.78 is 14.0. The number of amides is 1. The molecule has 1 aliphatic heterocycles. The lowest BCUT2D eigenvalue weighted by Crippen LogP contribution is -2.27. The minimum absolute atomic E-state index is 0.0906. The Morgan fingerprint density at radius 3 is 2.72 bits per heavy atom. The number of benzene rings is 2. The number of likely N-dealkylation sites (N-methyl/N-ethyl adjacent to an activating group) is 1. The van der Waals surface area contributed by atoms with Crippen LogP contribution in [0.2, 0.25) is 0 Å². The first-order valence-corrected chi connectivity index (χ1v) is 11.3. The number of hydrogen-bond donors (Lipinski definition) is 0. The highest BCUT2D eigenvalue weighted by Gasteiger charge is 2.31. The maximum absolute atomic E-state index is 12.8. The molecule has 1 aliphatic rings. The van der Waals surface area contributed by atoms with Crippen LogP contribution in [0.1, 0.15) is 12.5 Å². The molecule has 0 saturated carbocycles. The van der Waals surface area contributed by atoms with Crippen molar-refractivity contribution in [1.29, 1.82) is 0 Å². The van der Waals surface area contributed by atoms with Crippen LogP contribution in [-0.4, -0.2) is 38.6 Å². The van der Waals surface area contributed by atoms with Crippen LogP contribution in [0.3, 0.4) is 0 Å². The van der Waals surface area contributed by atoms with Gasteiger partial charge in [0.05, 0.1) is 17.7 Å². The predicted molar refractivity (Wildman–Crippen MR) is 131 cm³/mol. The summed E-state index contributed by atoms with van der Waals surface area (Å²) in [5.41, 5.74) is 2.96. The van der Waals surface area contributed by atoms with E-state index in [9.17, 15) is 4.79 Å². The number of nitrogens with zero attached hydrogens (tertiary/aromatic N) is 3. The summed E-state index contributed by atoms with van der Waals surface area (Å²) in [6, 6.07) is 17.5. The molecule has 1 fully saturated rings. The van der Waals surface area contributed by atoms with Gasteiger partial charge in [0.15, 0.2) is 17.1 Å². The quantitative estimate of drug-likeness (QED) is 0.288. The van der Waals surface area contributed by atoms with Gasteiger partial charge in [0, 0.05) is 23.7 Å². The van der Waals surface area contributed by atoms with Gasteiger partial charge >= 0.3 is 0 Å². The highest BCUT2D eigenvalue weighted by molar-refractivity contribution is 8.26. The third kappa shape index (κ3) is 3.51. The molecule has 0 aliphatic carbocycles. The SMILES string of the molecule is CCN1C(=O)/C(=C/c2cn(-c3ccccc3)nc2-c2cc3cccc(OC)c3o2)SC1=S. The fourth-order valence-electron chi connectivity index (χ4n) is 3.63. The molecular formula is C24H19N3O3S2. The molecule has 0 atom stereocenters. The normalized spacial score (nSPS) is 15.3. The Labute approximate surface area is 194 Å².